The molecule has 0 atom stereocenters. The van der Waals surface area contributed by atoms with Gasteiger partial charge in [-0.05, 0) is 35.0 Å². The number of nitrogens with two attached hydrogens (primary N) is 1. The van der Waals surface area contributed by atoms with E-state index < -0.39 is 0 Å². The summed E-state index contributed by atoms with van der Waals surface area (Å²) in [5, 5.41) is 2.11. The molecule has 0 amide bonds. The van der Waals surface area contributed by atoms with Crippen LogP contribution in [0.3, 0.4) is 0 Å². The molecule has 0 aliphatic carbocycles. The van der Waals surface area contributed by atoms with E-state index >= 15 is 0 Å². The minimum absolute atomic E-state index is 0.350. The molecule has 0 spiro atoms. The van der Waals surface area contributed by atoms with Gasteiger partial charge in [0.05, 0.1) is 5.56 Å². The van der Waals surface area contributed by atoms with E-state index in [0.29, 0.717) is 28.2 Å². The lowest BCUT2D eigenvalue weighted by Gasteiger charge is -2.04. The van der Waals surface area contributed by atoms with Crippen molar-refractivity contribution in [2.45, 2.75) is 0 Å². The number of rotatable bonds is 1. The molecule has 0 saturated heterocycles. The summed E-state index contributed by atoms with van der Waals surface area (Å²) in [6, 6.07) is 16.0. The van der Waals surface area contributed by atoms with Crippen LogP contribution in [0, 0.1) is 5.82 Å². The average Bonchev–Trinajstić information content (AvgIpc) is 2.89. The Morgan fingerprint density at radius 2 is 1.71 bits per heavy atom. The first-order valence-electron chi connectivity index (χ1n) is 6.55. The zero-order valence-corrected chi connectivity index (χ0v) is 11.0. The third kappa shape index (κ3) is 1.92. The Balaban J connectivity index is 1.96. The molecule has 2 N–H and O–H groups in total. The second-order valence-corrected chi connectivity index (χ2v) is 4.92. The van der Waals surface area contributed by atoms with Gasteiger partial charge in [0.1, 0.15) is 11.3 Å². The van der Waals surface area contributed by atoms with Gasteiger partial charge in [-0.25, -0.2) is 9.37 Å². The first-order chi connectivity index (χ1) is 10.2. The van der Waals surface area contributed by atoms with Gasteiger partial charge in [-0.2, -0.15) is 0 Å². The van der Waals surface area contributed by atoms with Gasteiger partial charge in [-0.1, -0.05) is 24.3 Å². The highest BCUT2D eigenvalue weighted by molar-refractivity contribution is 5.93. The Morgan fingerprint density at radius 1 is 0.952 bits per heavy atom. The van der Waals surface area contributed by atoms with E-state index in [1.54, 1.807) is 6.07 Å². The Labute approximate surface area is 119 Å². The fourth-order valence-corrected chi connectivity index (χ4v) is 2.46. The van der Waals surface area contributed by atoms with Gasteiger partial charge >= 0.3 is 0 Å². The number of halogens is 1. The van der Waals surface area contributed by atoms with Crippen LogP contribution in [0.15, 0.2) is 59.0 Å². The van der Waals surface area contributed by atoms with Crippen LogP contribution in [0.1, 0.15) is 0 Å². The van der Waals surface area contributed by atoms with Crippen LogP contribution in [-0.2, 0) is 0 Å². The minimum atomic E-state index is -0.350. The molecule has 0 bridgehead atoms. The van der Waals surface area contributed by atoms with E-state index in [0.717, 1.165) is 10.8 Å². The van der Waals surface area contributed by atoms with Crippen molar-refractivity contribution in [1.82, 2.24) is 4.98 Å². The summed E-state index contributed by atoms with van der Waals surface area (Å²) >= 11 is 0. The number of hydrogen-bond donors (Lipinski definition) is 1. The smallest absolute Gasteiger partial charge is 0.229 e. The molecule has 4 aromatic rings. The molecule has 0 aliphatic rings. The number of anilines is 1. The van der Waals surface area contributed by atoms with Gasteiger partial charge < -0.3 is 10.2 Å². The molecule has 1 heterocycles. The van der Waals surface area contributed by atoms with E-state index in [1.807, 2.05) is 36.4 Å². The summed E-state index contributed by atoms with van der Waals surface area (Å²) in [7, 11) is 0. The molecular formula is C17H11FN2O. The van der Waals surface area contributed by atoms with Crippen molar-refractivity contribution in [3.05, 3.63) is 60.4 Å². The van der Waals surface area contributed by atoms with Crippen molar-refractivity contribution in [3.63, 3.8) is 0 Å². The molecule has 3 nitrogen and oxygen atoms in total. The number of hydrogen-bond acceptors (Lipinski definition) is 3. The van der Waals surface area contributed by atoms with Gasteiger partial charge in [0.2, 0.25) is 5.89 Å². The molecule has 0 saturated carbocycles. The molecule has 21 heavy (non-hydrogen) atoms. The van der Waals surface area contributed by atoms with Crippen molar-refractivity contribution >= 4 is 27.6 Å². The number of oxazole rings is 1. The largest absolute Gasteiger partial charge is 0.436 e. The quantitative estimate of drug-likeness (QED) is 0.526. The zero-order valence-electron chi connectivity index (χ0n) is 11.0. The van der Waals surface area contributed by atoms with Crippen LogP contribution in [0.5, 0.6) is 0 Å². The maximum Gasteiger partial charge on any atom is 0.229 e. The van der Waals surface area contributed by atoms with Crippen molar-refractivity contribution in [1.29, 1.82) is 0 Å². The van der Waals surface area contributed by atoms with Crippen LogP contribution < -0.4 is 5.73 Å². The fourth-order valence-electron chi connectivity index (χ4n) is 2.46. The molecule has 0 unspecified atom stereocenters. The summed E-state index contributed by atoms with van der Waals surface area (Å²) in [6.45, 7) is 0. The SMILES string of the molecule is Nc1cc2ccccc2cc1-c1nc2ccc(F)cc2o1. The van der Waals surface area contributed by atoms with Gasteiger partial charge in [0.25, 0.3) is 0 Å². The summed E-state index contributed by atoms with van der Waals surface area (Å²) in [5.74, 6) is 0.0514. The average molecular weight is 278 g/mol. The van der Waals surface area contributed by atoms with E-state index in [-0.39, 0.29) is 5.82 Å². The lowest BCUT2D eigenvalue weighted by Crippen LogP contribution is -1.90. The summed E-state index contributed by atoms with van der Waals surface area (Å²) in [4.78, 5) is 4.38. The van der Waals surface area contributed by atoms with E-state index in [2.05, 4.69) is 4.98 Å². The number of nitrogens with zero attached hydrogens (tertiary/aromatic N) is 1. The lowest BCUT2D eigenvalue weighted by atomic mass is 10.1. The summed E-state index contributed by atoms with van der Waals surface area (Å²) in [5.41, 5.74) is 8.42. The Hall–Kier alpha value is -2.88. The van der Waals surface area contributed by atoms with Crippen molar-refractivity contribution in [2.75, 3.05) is 5.73 Å². The standard InChI is InChI=1S/C17H11FN2O/c18-12-5-6-15-16(9-12)21-17(20-15)13-7-10-3-1-2-4-11(10)8-14(13)19/h1-9H,19H2. The van der Waals surface area contributed by atoms with Crippen LogP contribution in [0.4, 0.5) is 10.1 Å². The van der Waals surface area contributed by atoms with Crippen molar-refractivity contribution < 1.29 is 8.81 Å². The molecule has 102 valence electrons. The molecule has 0 fully saturated rings. The van der Waals surface area contributed by atoms with Crippen molar-refractivity contribution in [3.8, 4) is 11.5 Å². The second kappa shape index (κ2) is 4.31. The highest BCUT2D eigenvalue weighted by Crippen LogP contribution is 2.32. The molecule has 0 aliphatic heterocycles. The Morgan fingerprint density at radius 3 is 2.52 bits per heavy atom. The van der Waals surface area contributed by atoms with Crippen LogP contribution in [0.2, 0.25) is 0 Å². The van der Waals surface area contributed by atoms with Gasteiger partial charge in [0.15, 0.2) is 5.58 Å². The van der Waals surface area contributed by atoms with Gasteiger partial charge in [-0.15, -0.1) is 0 Å². The van der Waals surface area contributed by atoms with Crippen LogP contribution in [0.25, 0.3) is 33.3 Å². The first-order valence-corrected chi connectivity index (χ1v) is 6.55. The minimum Gasteiger partial charge on any atom is -0.436 e. The topological polar surface area (TPSA) is 52.0 Å². The highest BCUT2D eigenvalue weighted by Gasteiger charge is 2.12. The van der Waals surface area contributed by atoms with Crippen molar-refractivity contribution in [2.24, 2.45) is 0 Å². The lowest BCUT2D eigenvalue weighted by molar-refractivity contribution is 0.602. The normalized spacial score (nSPS) is 11.3. The predicted molar refractivity (Wildman–Crippen MR) is 81.3 cm³/mol. The van der Waals surface area contributed by atoms with E-state index in [1.165, 1.54) is 12.1 Å². The van der Waals surface area contributed by atoms with Gasteiger partial charge in [-0.3, -0.25) is 0 Å². The Bertz CT molecular complexity index is 975. The summed E-state index contributed by atoms with van der Waals surface area (Å²) < 4.78 is 18.9. The zero-order chi connectivity index (χ0) is 14.4. The Kier molecular flexibility index (Phi) is 2.44. The molecule has 0 radical (unpaired) electrons. The monoisotopic (exact) mass is 278 g/mol. The number of nitrogen functional groups attached to an aromatic ring is 1. The molecule has 3 aromatic carbocycles. The molecule has 1 aromatic heterocycles. The number of benzene rings is 3. The van der Waals surface area contributed by atoms with E-state index in [9.17, 15) is 4.39 Å². The van der Waals surface area contributed by atoms with Gasteiger partial charge in [0, 0.05) is 11.8 Å². The predicted octanol–water partition coefficient (Wildman–Crippen LogP) is 4.37. The van der Waals surface area contributed by atoms with E-state index in [4.69, 9.17) is 10.2 Å². The fraction of sp³-hybridized carbons (Fsp3) is 0. The highest BCUT2D eigenvalue weighted by atomic mass is 19.1. The summed E-state index contributed by atoms with van der Waals surface area (Å²) in [6.07, 6.45) is 0. The second-order valence-electron chi connectivity index (χ2n) is 4.92. The maximum atomic E-state index is 13.2. The van der Waals surface area contributed by atoms with Crippen LogP contribution >= 0.6 is 0 Å². The number of aromatic nitrogens is 1. The maximum absolute atomic E-state index is 13.2. The first kappa shape index (κ1) is 11.9. The third-order valence-electron chi connectivity index (χ3n) is 3.50. The molecule has 4 heteroatoms. The molecule has 4 rings (SSSR count). The molecular weight excluding hydrogens is 267 g/mol. The third-order valence-corrected chi connectivity index (χ3v) is 3.50. The van der Waals surface area contributed by atoms with Crippen LogP contribution in [-0.4, -0.2) is 4.98 Å². The number of fused-ring (bicyclic) bond motifs is 2.